The first kappa shape index (κ1) is 25.0. The lowest BCUT2D eigenvalue weighted by Crippen LogP contribution is -2.51. The molecule has 3 aromatic rings. The summed E-state index contributed by atoms with van der Waals surface area (Å²) >= 11 is 0. The van der Waals surface area contributed by atoms with Crippen molar-refractivity contribution in [1.82, 2.24) is 10.6 Å². The van der Waals surface area contributed by atoms with Crippen LogP contribution in [0.3, 0.4) is 0 Å². The second-order valence-electron chi connectivity index (χ2n) is 9.20. The van der Waals surface area contributed by atoms with Gasteiger partial charge in [-0.1, -0.05) is 48.5 Å². The van der Waals surface area contributed by atoms with Crippen molar-refractivity contribution >= 4 is 29.9 Å². The van der Waals surface area contributed by atoms with Crippen molar-refractivity contribution in [2.24, 2.45) is 0 Å². The molecular formula is C29H32ClN3O2. The summed E-state index contributed by atoms with van der Waals surface area (Å²) in [5.41, 5.74) is 4.55. The number of fused-ring (bicyclic) bond motifs is 1. The summed E-state index contributed by atoms with van der Waals surface area (Å²) < 4.78 is 0. The SMILES string of the molecule is Cl.O=C(NC1CCCc2ccccc2N1C(=O)c1ccccc1)c1ccc(C2CCNCC2)cc1. The zero-order chi connectivity index (χ0) is 23.3. The van der Waals surface area contributed by atoms with Gasteiger partial charge in [0.25, 0.3) is 11.8 Å². The minimum Gasteiger partial charge on any atom is -0.331 e. The van der Waals surface area contributed by atoms with Gasteiger partial charge in [-0.25, -0.2) is 0 Å². The van der Waals surface area contributed by atoms with Crippen LogP contribution in [0.15, 0.2) is 78.9 Å². The molecule has 2 amide bonds. The van der Waals surface area contributed by atoms with E-state index in [1.165, 1.54) is 5.56 Å². The third-order valence-corrected chi connectivity index (χ3v) is 7.01. The molecule has 1 saturated heterocycles. The van der Waals surface area contributed by atoms with Crippen molar-refractivity contribution in [2.75, 3.05) is 18.0 Å². The number of benzene rings is 3. The van der Waals surface area contributed by atoms with E-state index in [-0.39, 0.29) is 24.2 Å². The Labute approximate surface area is 213 Å². The largest absolute Gasteiger partial charge is 0.331 e. The Balaban J connectivity index is 0.00000289. The first-order chi connectivity index (χ1) is 16.7. The third kappa shape index (κ3) is 5.58. The molecule has 0 radical (unpaired) electrons. The van der Waals surface area contributed by atoms with Gasteiger partial charge in [0, 0.05) is 16.8 Å². The molecule has 0 spiro atoms. The van der Waals surface area contributed by atoms with E-state index >= 15 is 0 Å². The van der Waals surface area contributed by atoms with Crippen molar-refractivity contribution in [2.45, 2.75) is 44.2 Å². The molecule has 2 aliphatic rings. The molecule has 2 aliphatic heterocycles. The summed E-state index contributed by atoms with van der Waals surface area (Å²) in [5.74, 6) is 0.310. The van der Waals surface area contributed by atoms with Crippen LogP contribution >= 0.6 is 12.4 Å². The number of carbonyl (C=O) groups is 2. The number of rotatable bonds is 4. The summed E-state index contributed by atoms with van der Waals surface area (Å²) in [7, 11) is 0. The van der Waals surface area contributed by atoms with Crippen LogP contribution in [-0.4, -0.2) is 31.1 Å². The molecule has 35 heavy (non-hydrogen) atoms. The van der Waals surface area contributed by atoms with E-state index in [9.17, 15) is 9.59 Å². The fourth-order valence-electron chi connectivity index (χ4n) is 5.14. The van der Waals surface area contributed by atoms with Crippen LogP contribution in [0.5, 0.6) is 0 Å². The maximum Gasteiger partial charge on any atom is 0.259 e. The highest BCUT2D eigenvalue weighted by Crippen LogP contribution is 2.31. The van der Waals surface area contributed by atoms with Crippen LogP contribution in [0.4, 0.5) is 5.69 Å². The fourth-order valence-corrected chi connectivity index (χ4v) is 5.14. The first-order valence-corrected chi connectivity index (χ1v) is 12.3. The molecule has 6 heteroatoms. The van der Waals surface area contributed by atoms with Crippen LogP contribution in [0.25, 0.3) is 0 Å². The lowest BCUT2D eigenvalue weighted by Gasteiger charge is -2.32. The van der Waals surface area contributed by atoms with E-state index < -0.39 is 6.17 Å². The number of para-hydroxylation sites is 1. The molecule has 5 rings (SSSR count). The van der Waals surface area contributed by atoms with Gasteiger partial charge in [-0.05, 0) is 92.6 Å². The second-order valence-corrected chi connectivity index (χ2v) is 9.20. The smallest absolute Gasteiger partial charge is 0.259 e. The van der Waals surface area contributed by atoms with Crippen LogP contribution in [0, 0.1) is 0 Å². The number of nitrogens with zero attached hydrogens (tertiary/aromatic N) is 1. The van der Waals surface area contributed by atoms with Crippen LogP contribution in [0.1, 0.15) is 63.4 Å². The number of aryl methyl sites for hydroxylation is 1. The maximum absolute atomic E-state index is 13.6. The minimum atomic E-state index is -0.409. The number of carbonyl (C=O) groups excluding carboxylic acids is 2. The first-order valence-electron chi connectivity index (χ1n) is 12.3. The highest BCUT2D eigenvalue weighted by atomic mass is 35.5. The summed E-state index contributed by atoms with van der Waals surface area (Å²) in [6, 6.07) is 25.3. The Morgan fingerprint density at radius 1 is 0.800 bits per heavy atom. The molecule has 2 N–H and O–H groups in total. The highest BCUT2D eigenvalue weighted by Gasteiger charge is 2.31. The van der Waals surface area contributed by atoms with Crippen molar-refractivity contribution < 1.29 is 9.59 Å². The van der Waals surface area contributed by atoms with E-state index in [1.807, 2.05) is 60.7 Å². The lowest BCUT2D eigenvalue weighted by molar-refractivity contribution is 0.0912. The Morgan fingerprint density at radius 3 is 2.23 bits per heavy atom. The molecule has 0 aromatic heterocycles. The van der Waals surface area contributed by atoms with E-state index in [1.54, 1.807) is 4.90 Å². The Bertz CT molecular complexity index is 1140. The molecule has 5 nitrogen and oxygen atoms in total. The van der Waals surface area contributed by atoms with Gasteiger partial charge >= 0.3 is 0 Å². The van der Waals surface area contributed by atoms with Crippen molar-refractivity contribution in [3.8, 4) is 0 Å². The number of anilines is 1. The van der Waals surface area contributed by atoms with Gasteiger partial charge in [0.05, 0.1) is 0 Å². The Hall–Kier alpha value is -3.15. The quantitative estimate of drug-likeness (QED) is 0.521. The van der Waals surface area contributed by atoms with Gasteiger partial charge in [0.15, 0.2) is 0 Å². The standard InChI is InChI=1S/C29H31N3O2.ClH/c33-28(24-15-13-21(14-16-24)22-17-19-30-20-18-22)31-27-12-6-10-23-7-4-5-11-26(23)32(27)29(34)25-8-2-1-3-9-25;/h1-5,7-9,11,13-16,22,27,30H,6,10,12,17-20H2,(H,31,33);1H. The summed E-state index contributed by atoms with van der Waals surface area (Å²) in [4.78, 5) is 28.7. The molecule has 1 unspecified atom stereocenters. The average molecular weight is 490 g/mol. The predicted molar refractivity (Wildman–Crippen MR) is 142 cm³/mol. The molecule has 182 valence electrons. The van der Waals surface area contributed by atoms with Crippen molar-refractivity contribution in [1.29, 1.82) is 0 Å². The van der Waals surface area contributed by atoms with Gasteiger partial charge in [-0.2, -0.15) is 0 Å². The van der Waals surface area contributed by atoms with Gasteiger partial charge in [-0.15, -0.1) is 12.4 Å². The van der Waals surface area contributed by atoms with E-state index in [0.717, 1.165) is 50.0 Å². The van der Waals surface area contributed by atoms with E-state index in [4.69, 9.17) is 0 Å². The summed E-state index contributed by atoms with van der Waals surface area (Å²) in [5, 5.41) is 6.57. The van der Waals surface area contributed by atoms with E-state index in [0.29, 0.717) is 23.5 Å². The molecular weight excluding hydrogens is 458 g/mol. The highest BCUT2D eigenvalue weighted by molar-refractivity contribution is 6.07. The third-order valence-electron chi connectivity index (χ3n) is 7.01. The lowest BCUT2D eigenvalue weighted by atomic mass is 9.90. The topological polar surface area (TPSA) is 61.4 Å². The number of piperidine rings is 1. The Kier molecular flexibility index (Phi) is 8.21. The van der Waals surface area contributed by atoms with Crippen molar-refractivity contribution in [3.63, 3.8) is 0 Å². The predicted octanol–water partition coefficient (Wildman–Crippen LogP) is 5.31. The average Bonchev–Trinajstić information content (AvgIpc) is 3.08. The van der Waals surface area contributed by atoms with Crippen LogP contribution in [-0.2, 0) is 6.42 Å². The molecule has 1 fully saturated rings. The Morgan fingerprint density at radius 2 is 1.49 bits per heavy atom. The van der Waals surface area contributed by atoms with Gasteiger partial charge < -0.3 is 10.6 Å². The molecule has 2 heterocycles. The number of nitrogens with one attached hydrogen (secondary N) is 2. The van der Waals surface area contributed by atoms with Gasteiger partial charge in [-0.3, -0.25) is 14.5 Å². The number of halogens is 1. The zero-order valence-corrected chi connectivity index (χ0v) is 20.6. The van der Waals surface area contributed by atoms with Crippen molar-refractivity contribution in [3.05, 3.63) is 101 Å². The molecule has 1 atom stereocenters. The van der Waals surface area contributed by atoms with Gasteiger partial charge in [0.2, 0.25) is 0 Å². The maximum atomic E-state index is 13.6. The van der Waals surface area contributed by atoms with Gasteiger partial charge in [0.1, 0.15) is 6.17 Å². The molecule has 3 aromatic carbocycles. The molecule has 0 aliphatic carbocycles. The van der Waals surface area contributed by atoms with Crippen LogP contribution in [0.2, 0.25) is 0 Å². The second kappa shape index (κ2) is 11.5. The summed E-state index contributed by atoms with van der Waals surface area (Å²) in [6.07, 6.45) is 4.33. The van der Waals surface area contributed by atoms with E-state index in [2.05, 4.69) is 28.8 Å². The molecule has 0 saturated carbocycles. The number of hydrogen-bond acceptors (Lipinski definition) is 3. The monoisotopic (exact) mass is 489 g/mol. The minimum absolute atomic E-state index is 0. The fraction of sp³-hybridized carbons (Fsp3) is 0.310. The van der Waals surface area contributed by atoms with Crippen LogP contribution < -0.4 is 15.5 Å². The zero-order valence-electron chi connectivity index (χ0n) is 19.8. The summed E-state index contributed by atoms with van der Waals surface area (Å²) in [6.45, 7) is 2.09. The number of amides is 2. The normalized spacial score (nSPS) is 18.1. The molecule has 0 bridgehead atoms. The number of hydrogen-bond donors (Lipinski definition) is 2.